The molecule has 2 aromatic heterocycles. The summed E-state index contributed by atoms with van der Waals surface area (Å²) >= 11 is 8.00. The van der Waals surface area contributed by atoms with E-state index in [2.05, 4.69) is 32.2 Å². The Bertz CT molecular complexity index is 1570. The van der Waals surface area contributed by atoms with Gasteiger partial charge in [-0.3, -0.25) is 14.6 Å². The lowest BCUT2D eigenvalue weighted by molar-refractivity contribution is -0.132. The van der Waals surface area contributed by atoms with E-state index in [1.807, 2.05) is 24.3 Å². The van der Waals surface area contributed by atoms with Crippen LogP contribution in [0, 0.1) is 0 Å². The normalized spacial score (nSPS) is 14.6. The summed E-state index contributed by atoms with van der Waals surface area (Å²) in [6.45, 7) is 3.82. The Labute approximate surface area is 239 Å². The van der Waals surface area contributed by atoms with Gasteiger partial charge in [0, 0.05) is 29.1 Å². The lowest BCUT2D eigenvalue weighted by Gasteiger charge is -2.22. The molecular weight excluding hydrogens is 552 g/mol. The fraction of sp³-hybridized carbons (Fsp3) is 0.179. The number of pyridine rings is 1. The number of thioether (sulfide) groups is 1. The van der Waals surface area contributed by atoms with Gasteiger partial charge in [-0.05, 0) is 42.5 Å². The number of carbonyl (C=O) groups is 2. The maximum Gasteiger partial charge on any atom is 0.248 e. The van der Waals surface area contributed by atoms with Crippen molar-refractivity contribution in [3.63, 3.8) is 0 Å². The molecule has 204 valence electrons. The van der Waals surface area contributed by atoms with E-state index in [1.54, 1.807) is 30.5 Å². The van der Waals surface area contributed by atoms with Crippen molar-refractivity contribution in [1.82, 2.24) is 19.9 Å². The van der Waals surface area contributed by atoms with E-state index in [1.165, 1.54) is 36.2 Å². The highest BCUT2D eigenvalue weighted by Gasteiger charge is 2.34. The van der Waals surface area contributed by atoms with E-state index in [4.69, 9.17) is 21.1 Å². The minimum absolute atomic E-state index is 0.290. The molecular formula is C28H25ClN6O4S. The van der Waals surface area contributed by atoms with Crippen LogP contribution in [0.4, 0.5) is 17.2 Å². The number of nitrogens with zero attached hydrogens (tertiary/aromatic N) is 4. The molecule has 1 atom stereocenters. The molecule has 10 nitrogen and oxygen atoms in total. The molecule has 5 rings (SSSR count). The van der Waals surface area contributed by atoms with Gasteiger partial charge in [-0.15, -0.1) is 11.8 Å². The van der Waals surface area contributed by atoms with Gasteiger partial charge >= 0.3 is 0 Å². The molecule has 1 fully saturated rings. The Balaban J connectivity index is 1.37. The third kappa shape index (κ3) is 5.95. The number of hydrogen-bond acceptors (Lipinski definition) is 9. The van der Waals surface area contributed by atoms with Crippen LogP contribution in [0.2, 0.25) is 5.02 Å². The fourth-order valence-corrected chi connectivity index (χ4v) is 5.53. The Morgan fingerprint density at radius 3 is 2.80 bits per heavy atom. The van der Waals surface area contributed by atoms with E-state index in [9.17, 15) is 9.59 Å². The van der Waals surface area contributed by atoms with E-state index < -0.39 is 6.04 Å². The van der Waals surface area contributed by atoms with Gasteiger partial charge in [0.25, 0.3) is 0 Å². The van der Waals surface area contributed by atoms with E-state index in [-0.39, 0.29) is 11.8 Å². The van der Waals surface area contributed by atoms with Gasteiger partial charge in [0.05, 0.1) is 34.9 Å². The fourth-order valence-electron chi connectivity index (χ4n) is 4.13. The number of carbonyl (C=O) groups excluding carboxylic acids is 2. The lowest BCUT2D eigenvalue weighted by Crippen LogP contribution is -2.43. The van der Waals surface area contributed by atoms with Gasteiger partial charge in [-0.25, -0.2) is 9.97 Å². The molecule has 2 amide bonds. The number of hydrogen-bond donors (Lipinski definition) is 2. The largest absolute Gasteiger partial charge is 0.494 e. The van der Waals surface area contributed by atoms with Gasteiger partial charge in [0.1, 0.15) is 36.3 Å². The number of nitrogens with one attached hydrogen (secondary N) is 2. The zero-order valence-corrected chi connectivity index (χ0v) is 23.0. The number of fused-ring (bicyclic) bond motifs is 1. The highest BCUT2D eigenvalue weighted by Crippen LogP contribution is 2.35. The standard InChI is InChI=1S/C28H25ClN6O4S/c1-3-26(36)35-16-40-14-23(35)28(37)34-22-11-19-21(12-25(22)38-2)31-15-32-27(19)33-17-7-8-24(20(29)10-17)39-13-18-6-4-5-9-30-18/h3-12,15,23H,1,13-14,16H2,2H3,(H,34,37)(H,31,32,33)/t23-/m0/s1. The highest BCUT2D eigenvalue weighted by molar-refractivity contribution is 7.99. The second kappa shape index (κ2) is 12.2. The average molecular weight is 577 g/mol. The average Bonchev–Trinajstić information content (AvgIpc) is 3.47. The molecule has 1 aliphatic rings. The van der Waals surface area contributed by atoms with Crippen molar-refractivity contribution in [2.24, 2.45) is 0 Å². The summed E-state index contributed by atoms with van der Waals surface area (Å²) in [6.07, 6.45) is 4.35. The predicted octanol–water partition coefficient (Wildman–Crippen LogP) is 5.04. The zero-order valence-electron chi connectivity index (χ0n) is 21.5. The molecule has 1 aliphatic heterocycles. The Kier molecular flexibility index (Phi) is 8.32. The summed E-state index contributed by atoms with van der Waals surface area (Å²) < 4.78 is 11.3. The summed E-state index contributed by atoms with van der Waals surface area (Å²) in [5.74, 6) is 1.75. The van der Waals surface area contributed by atoms with Crippen LogP contribution in [0.5, 0.6) is 11.5 Å². The summed E-state index contributed by atoms with van der Waals surface area (Å²) in [5.41, 5.74) is 2.50. The van der Waals surface area contributed by atoms with Crippen LogP contribution in [0.25, 0.3) is 10.9 Å². The van der Waals surface area contributed by atoms with Crippen molar-refractivity contribution in [1.29, 1.82) is 0 Å². The Hall–Kier alpha value is -4.35. The molecule has 3 heterocycles. The number of methoxy groups -OCH3 is 1. The van der Waals surface area contributed by atoms with Crippen LogP contribution in [0.15, 0.2) is 73.7 Å². The first-order chi connectivity index (χ1) is 19.5. The van der Waals surface area contributed by atoms with Crippen LogP contribution >= 0.6 is 23.4 Å². The van der Waals surface area contributed by atoms with Crippen molar-refractivity contribution < 1.29 is 19.1 Å². The quantitative estimate of drug-likeness (QED) is 0.264. The number of amides is 2. The number of ether oxygens (including phenoxy) is 2. The first-order valence-electron chi connectivity index (χ1n) is 12.2. The predicted molar refractivity (Wildman–Crippen MR) is 156 cm³/mol. The maximum absolute atomic E-state index is 13.2. The summed E-state index contributed by atoms with van der Waals surface area (Å²) in [7, 11) is 1.51. The van der Waals surface area contributed by atoms with E-state index in [0.717, 1.165) is 5.69 Å². The number of halogens is 1. The molecule has 0 unspecified atom stereocenters. The number of aromatic nitrogens is 3. The maximum atomic E-state index is 13.2. The number of benzene rings is 2. The number of anilines is 3. The summed E-state index contributed by atoms with van der Waals surface area (Å²) in [4.78, 5) is 39.8. The van der Waals surface area contributed by atoms with E-state index >= 15 is 0 Å². The van der Waals surface area contributed by atoms with Crippen molar-refractivity contribution in [2.75, 3.05) is 29.4 Å². The molecule has 0 bridgehead atoms. The third-order valence-electron chi connectivity index (χ3n) is 6.15. The smallest absolute Gasteiger partial charge is 0.248 e. The molecule has 12 heteroatoms. The van der Waals surface area contributed by atoms with Gasteiger partial charge in [0.2, 0.25) is 11.8 Å². The topological polar surface area (TPSA) is 119 Å². The molecule has 0 saturated carbocycles. The van der Waals surface area contributed by atoms with Gasteiger partial charge < -0.3 is 25.0 Å². The van der Waals surface area contributed by atoms with E-state index in [0.29, 0.717) is 62.9 Å². The van der Waals surface area contributed by atoms with Crippen LogP contribution < -0.4 is 20.1 Å². The van der Waals surface area contributed by atoms with Crippen molar-refractivity contribution >= 4 is 63.3 Å². The first kappa shape index (κ1) is 27.2. The minimum atomic E-state index is -0.624. The monoisotopic (exact) mass is 576 g/mol. The molecule has 0 aliphatic carbocycles. The second-order valence-corrected chi connectivity index (χ2v) is 10.1. The lowest BCUT2D eigenvalue weighted by atomic mass is 10.1. The molecule has 1 saturated heterocycles. The second-order valence-electron chi connectivity index (χ2n) is 8.69. The highest BCUT2D eigenvalue weighted by atomic mass is 35.5. The minimum Gasteiger partial charge on any atom is -0.494 e. The third-order valence-corrected chi connectivity index (χ3v) is 7.46. The van der Waals surface area contributed by atoms with Crippen molar-refractivity contribution in [2.45, 2.75) is 12.6 Å². The van der Waals surface area contributed by atoms with Crippen LogP contribution in [-0.2, 0) is 16.2 Å². The van der Waals surface area contributed by atoms with Gasteiger partial charge in [-0.2, -0.15) is 0 Å². The van der Waals surface area contributed by atoms with Gasteiger partial charge in [0.15, 0.2) is 0 Å². The molecule has 2 aromatic carbocycles. The van der Waals surface area contributed by atoms with Crippen LogP contribution in [0.1, 0.15) is 5.69 Å². The molecule has 4 aromatic rings. The summed E-state index contributed by atoms with van der Waals surface area (Å²) in [6, 6.07) is 13.8. The Morgan fingerprint density at radius 1 is 1.18 bits per heavy atom. The number of rotatable bonds is 9. The van der Waals surface area contributed by atoms with Crippen LogP contribution in [0.3, 0.4) is 0 Å². The molecule has 2 N–H and O–H groups in total. The molecule has 0 radical (unpaired) electrons. The zero-order chi connectivity index (χ0) is 28.1. The SMILES string of the molecule is C=CC(=O)N1CSC[C@H]1C(=O)Nc1cc2c(Nc3ccc(OCc4ccccn4)c(Cl)c3)ncnc2cc1OC. The first-order valence-corrected chi connectivity index (χ1v) is 13.7. The summed E-state index contributed by atoms with van der Waals surface area (Å²) in [5, 5.41) is 7.24. The Morgan fingerprint density at radius 2 is 2.05 bits per heavy atom. The molecule has 40 heavy (non-hydrogen) atoms. The molecule has 0 spiro atoms. The van der Waals surface area contributed by atoms with Gasteiger partial charge in [-0.1, -0.05) is 24.2 Å². The van der Waals surface area contributed by atoms with Crippen molar-refractivity contribution in [3.8, 4) is 11.5 Å². The van der Waals surface area contributed by atoms with Crippen LogP contribution in [-0.4, -0.2) is 56.4 Å². The van der Waals surface area contributed by atoms with Crippen molar-refractivity contribution in [3.05, 3.63) is 84.4 Å².